The van der Waals surface area contributed by atoms with Gasteiger partial charge < -0.3 is 9.47 Å². The maximum absolute atomic E-state index is 11.7. The van der Waals surface area contributed by atoms with Crippen LogP contribution < -0.4 is 0 Å². The van der Waals surface area contributed by atoms with Crippen LogP contribution >= 0.6 is 0 Å². The molecule has 8 nitrogen and oxygen atoms in total. The highest BCUT2D eigenvalue weighted by molar-refractivity contribution is 5.88. The maximum atomic E-state index is 11.7. The summed E-state index contributed by atoms with van der Waals surface area (Å²) in [5, 5.41) is 12.3. The molecule has 0 bridgehead atoms. The van der Waals surface area contributed by atoms with Crippen LogP contribution in [0.2, 0.25) is 0 Å². The second kappa shape index (κ2) is 6.49. The second-order valence-electron chi connectivity index (χ2n) is 4.68. The van der Waals surface area contributed by atoms with Crippen LogP contribution in [-0.2, 0) is 29.5 Å². The molecule has 0 aliphatic rings. The molecule has 0 aliphatic heterocycles. The van der Waals surface area contributed by atoms with Gasteiger partial charge in [-0.25, -0.2) is 9.48 Å². The van der Waals surface area contributed by atoms with E-state index in [1.807, 2.05) is 20.0 Å². The number of methoxy groups -OCH3 is 2. The fraction of sp³-hybridized carbons (Fsp3) is 0.538. The van der Waals surface area contributed by atoms with Crippen molar-refractivity contribution in [2.75, 3.05) is 20.8 Å². The fourth-order valence-corrected chi connectivity index (χ4v) is 2.13. The third-order valence-corrected chi connectivity index (χ3v) is 3.17. The second-order valence-corrected chi connectivity index (χ2v) is 4.68. The van der Waals surface area contributed by atoms with Gasteiger partial charge in [0.2, 0.25) is 0 Å². The van der Waals surface area contributed by atoms with Crippen molar-refractivity contribution in [1.82, 2.24) is 24.8 Å². The van der Waals surface area contributed by atoms with Gasteiger partial charge in [0.25, 0.3) is 0 Å². The molecule has 0 fully saturated rings. The predicted molar refractivity (Wildman–Crippen MR) is 74.0 cm³/mol. The van der Waals surface area contributed by atoms with E-state index in [2.05, 4.69) is 15.4 Å². The molecule has 2 rings (SSSR count). The average Bonchev–Trinajstić information content (AvgIpc) is 2.99. The molecule has 0 aromatic carbocycles. The third kappa shape index (κ3) is 3.27. The number of aromatic nitrogens is 5. The number of rotatable bonds is 6. The SMILES string of the molecule is COCCc1c(C(=O)OC)nnn1Cc1cc(C)nn1C. The average molecular weight is 293 g/mol. The summed E-state index contributed by atoms with van der Waals surface area (Å²) < 4.78 is 13.3. The summed E-state index contributed by atoms with van der Waals surface area (Å²) in [7, 11) is 4.80. The molecule has 0 atom stereocenters. The highest BCUT2D eigenvalue weighted by atomic mass is 16.5. The molecule has 0 unspecified atom stereocenters. The molecule has 0 saturated carbocycles. The quantitative estimate of drug-likeness (QED) is 0.714. The van der Waals surface area contributed by atoms with Crippen molar-refractivity contribution in [2.45, 2.75) is 19.9 Å². The zero-order chi connectivity index (χ0) is 15.4. The number of carbonyl (C=O) groups is 1. The molecule has 0 amide bonds. The molecule has 21 heavy (non-hydrogen) atoms. The van der Waals surface area contributed by atoms with Gasteiger partial charge in [0.15, 0.2) is 5.69 Å². The molecular weight excluding hydrogens is 274 g/mol. The van der Waals surface area contributed by atoms with Gasteiger partial charge in [0.1, 0.15) is 0 Å². The van der Waals surface area contributed by atoms with Gasteiger partial charge in [-0.15, -0.1) is 5.10 Å². The Bertz CT molecular complexity index is 632. The Morgan fingerprint density at radius 2 is 2.14 bits per heavy atom. The van der Waals surface area contributed by atoms with Crippen LogP contribution in [0.15, 0.2) is 6.07 Å². The lowest BCUT2D eigenvalue weighted by Crippen LogP contribution is -2.14. The Morgan fingerprint density at radius 3 is 2.71 bits per heavy atom. The van der Waals surface area contributed by atoms with Crippen molar-refractivity contribution < 1.29 is 14.3 Å². The molecule has 2 aromatic heterocycles. The predicted octanol–water partition coefficient (Wildman–Crippen LogP) is 0.344. The minimum absolute atomic E-state index is 0.230. The van der Waals surface area contributed by atoms with Crippen molar-refractivity contribution in [3.05, 3.63) is 28.8 Å². The molecule has 0 spiro atoms. The lowest BCUT2D eigenvalue weighted by molar-refractivity contribution is 0.0592. The molecular formula is C13H19N5O3. The summed E-state index contributed by atoms with van der Waals surface area (Å²) in [6, 6.07) is 1.97. The molecule has 0 N–H and O–H groups in total. The van der Waals surface area contributed by atoms with E-state index in [9.17, 15) is 4.79 Å². The van der Waals surface area contributed by atoms with E-state index in [0.29, 0.717) is 25.3 Å². The van der Waals surface area contributed by atoms with Crippen molar-refractivity contribution >= 4 is 5.97 Å². The third-order valence-electron chi connectivity index (χ3n) is 3.17. The van der Waals surface area contributed by atoms with Gasteiger partial charge in [0.05, 0.1) is 37.3 Å². The van der Waals surface area contributed by atoms with E-state index >= 15 is 0 Å². The highest BCUT2D eigenvalue weighted by Gasteiger charge is 2.20. The van der Waals surface area contributed by atoms with Gasteiger partial charge >= 0.3 is 5.97 Å². The molecule has 114 valence electrons. The number of aryl methyl sites for hydroxylation is 2. The Balaban J connectivity index is 2.31. The lowest BCUT2D eigenvalue weighted by Gasteiger charge is -2.07. The van der Waals surface area contributed by atoms with Crippen LogP contribution in [0.4, 0.5) is 0 Å². The largest absolute Gasteiger partial charge is 0.464 e. The number of nitrogens with zero attached hydrogens (tertiary/aromatic N) is 5. The van der Waals surface area contributed by atoms with Crippen LogP contribution in [-0.4, -0.2) is 51.6 Å². The molecule has 2 heterocycles. The van der Waals surface area contributed by atoms with Crippen molar-refractivity contribution in [1.29, 1.82) is 0 Å². The molecule has 0 aliphatic carbocycles. The van der Waals surface area contributed by atoms with E-state index in [-0.39, 0.29) is 5.69 Å². The summed E-state index contributed by atoms with van der Waals surface area (Å²) in [5.74, 6) is -0.492. The highest BCUT2D eigenvalue weighted by Crippen LogP contribution is 2.12. The summed E-state index contributed by atoms with van der Waals surface area (Å²) in [4.78, 5) is 11.7. The van der Waals surface area contributed by atoms with E-state index in [1.54, 1.807) is 16.5 Å². The number of hydrogen-bond acceptors (Lipinski definition) is 6. The zero-order valence-corrected chi connectivity index (χ0v) is 12.7. The molecule has 0 saturated heterocycles. The summed E-state index contributed by atoms with van der Waals surface area (Å²) >= 11 is 0. The Kier molecular flexibility index (Phi) is 4.69. The summed E-state index contributed by atoms with van der Waals surface area (Å²) in [5.41, 5.74) is 2.84. The number of hydrogen-bond donors (Lipinski definition) is 0. The Hall–Kier alpha value is -2.22. The Labute approximate surface area is 122 Å². The first kappa shape index (κ1) is 15.2. The number of esters is 1. The summed E-state index contributed by atoms with van der Waals surface area (Å²) in [6.45, 7) is 2.89. The van der Waals surface area contributed by atoms with Gasteiger partial charge in [-0.3, -0.25) is 4.68 Å². The topological polar surface area (TPSA) is 84.1 Å². The van der Waals surface area contributed by atoms with Crippen LogP contribution in [0.25, 0.3) is 0 Å². The molecule has 2 aromatic rings. The number of carbonyl (C=O) groups excluding carboxylic acids is 1. The van der Waals surface area contributed by atoms with Crippen LogP contribution in [0.3, 0.4) is 0 Å². The maximum Gasteiger partial charge on any atom is 0.360 e. The zero-order valence-electron chi connectivity index (χ0n) is 12.7. The minimum atomic E-state index is -0.492. The first-order chi connectivity index (χ1) is 10.1. The summed E-state index contributed by atoms with van der Waals surface area (Å²) in [6.07, 6.45) is 0.533. The van der Waals surface area contributed by atoms with Crippen molar-refractivity contribution in [2.24, 2.45) is 7.05 Å². The van der Waals surface area contributed by atoms with Gasteiger partial charge in [-0.2, -0.15) is 5.10 Å². The first-order valence-corrected chi connectivity index (χ1v) is 6.56. The number of ether oxygens (including phenoxy) is 2. The van der Waals surface area contributed by atoms with Gasteiger partial charge in [-0.1, -0.05) is 5.21 Å². The van der Waals surface area contributed by atoms with E-state index in [1.165, 1.54) is 7.11 Å². The van der Waals surface area contributed by atoms with E-state index < -0.39 is 5.97 Å². The van der Waals surface area contributed by atoms with E-state index in [0.717, 1.165) is 11.4 Å². The standard InChI is InChI=1S/C13H19N5O3/c1-9-7-10(17(2)15-9)8-18-11(5-6-20-3)12(14-16-18)13(19)21-4/h7H,5-6,8H2,1-4H3. The van der Waals surface area contributed by atoms with E-state index in [4.69, 9.17) is 9.47 Å². The normalized spacial score (nSPS) is 10.9. The molecule has 0 radical (unpaired) electrons. The first-order valence-electron chi connectivity index (χ1n) is 6.56. The van der Waals surface area contributed by atoms with Crippen molar-refractivity contribution in [3.63, 3.8) is 0 Å². The van der Waals surface area contributed by atoms with Gasteiger partial charge in [-0.05, 0) is 13.0 Å². The lowest BCUT2D eigenvalue weighted by atomic mass is 10.2. The minimum Gasteiger partial charge on any atom is -0.464 e. The smallest absolute Gasteiger partial charge is 0.360 e. The van der Waals surface area contributed by atoms with Crippen molar-refractivity contribution in [3.8, 4) is 0 Å². The van der Waals surface area contributed by atoms with Crippen LogP contribution in [0, 0.1) is 6.92 Å². The monoisotopic (exact) mass is 293 g/mol. The van der Waals surface area contributed by atoms with Gasteiger partial charge in [0, 0.05) is 20.6 Å². The molecule has 8 heteroatoms. The fourth-order valence-electron chi connectivity index (χ4n) is 2.13. The Morgan fingerprint density at radius 1 is 1.38 bits per heavy atom. The van der Waals surface area contributed by atoms with Crippen LogP contribution in [0.1, 0.15) is 27.6 Å². The van der Waals surface area contributed by atoms with Crippen LogP contribution in [0.5, 0.6) is 0 Å².